The first-order valence-electron chi connectivity index (χ1n) is 8.40. The van der Waals surface area contributed by atoms with Crippen molar-refractivity contribution in [1.29, 1.82) is 0 Å². The quantitative estimate of drug-likeness (QED) is 0.794. The van der Waals surface area contributed by atoms with Gasteiger partial charge in [0.1, 0.15) is 6.61 Å². The van der Waals surface area contributed by atoms with Crippen molar-refractivity contribution in [3.8, 4) is 11.6 Å². The van der Waals surface area contributed by atoms with Crippen molar-refractivity contribution in [2.75, 3.05) is 20.2 Å². The van der Waals surface area contributed by atoms with Crippen LogP contribution in [-0.2, 0) is 4.79 Å². The Kier molecular flexibility index (Phi) is 6.33. The number of ether oxygens (including phenoxy) is 2. The molecule has 6 nitrogen and oxygen atoms in total. The van der Waals surface area contributed by atoms with Gasteiger partial charge in [-0.15, -0.1) is 13.2 Å². The van der Waals surface area contributed by atoms with E-state index in [1.54, 1.807) is 13.8 Å². The Bertz CT molecular complexity index is 623. The SMILES string of the molecule is CN1CCCC1CC(=O)NC(C)(C)COc1ncccc1OC(F)(F)F. The zero-order valence-electron chi connectivity index (χ0n) is 15.1. The fourth-order valence-corrected chi connectivity index (χ4v) is 2.85. The molecule has 0 aliphatic carbocycles. The molecule has 0 bridgehead atoms. The Morgan fingerprint density at radius 1 is 1.42 bits per heavy atom. The number of hydrogen-bond acceptors (Lipinski definition) is 5. The molecule has 0 aromatic carbocycles. The highest BCUT2D eigenvalue weighted by atomic mass is 19.4. The smallest absolute Gasteiger partial charge is 0.473 e. The van der Waals surface area contributed by atoms with Crippen molar-refractivity contribution in [2.45, 2.75) is 51.1 Å². The van der Waals surface area contributed by atoms with Crippen LogP contribution in [0, 0.1) is 0 Å². The van der Waals surface area contributed by atoms with Crippen LogP contribution in [0.25, 0.3) is 0 Å². The lowest BCUT2D eigenvalue weighted by molar-refractivity contribution is -0.275. The van der Waals surface area contributed by atoms with Crippen molar-refractivity contribution in [1.82, 2.24) is 15.2 Å². The molecule has 1 aromatic rings. The Morgan fingerprint density at radius 2 is 2.15 bits per heavy atom. The lowest BCUT2D eigenvalue weighted by Gasteiger charge is -2.28. The molecule has 1 atom stereocenters. The first kappa shape index (κ1) is 20.3. The van der Waals surface area contributed by atoms with Gasteiger partial charge < -0.3 is 19.7 Å². The minimum absolute atomic E-state index is 0.0511. The molecule has 1 aliphatic heterocycles. The van der Waals surface area contributed by atoms with E-state index in [4.69, 9.17) is 4.74 Å². The molecule has 1 N–H and O–H groups in total. The van der Waals surface area contributed by atoms with Crippen molar-refractivity contribution in [3.63, 3.8) is 0 Å². The minimum Gasteiger partial charge on any atom is -0.473 e. The van der Waals surface area contributed by atoms with Crippen LogP contribution in [0.2, 0.25) is 0 Å². The van der Waals surface area contributed by atoms with Gasteiger partial charge in [0, 0.05) is 18.7 Å². The number of nitrogens with one attached hydrogen (secondary N) is 1. The summed E-state index contributed by atoms with van der Waals surface area (Å²) >= 11 is 0. The lowest BCUT2D eigenvalue weighted by Crippen LogP contribution is -2.49. The van der Waals surface area contributed by atoms with Crippen molar-refractivity contribution in [3.05, 3.63) is 18.3 Å². The van der Waals surface area contributed by atoms with Gasteiger partial charge in [0.2, 0.25) is 5.91 Å². The van der Waals surface area contributed by atoms with E-state index >= 15 is 0 Å². The summed E-state index contributed by atoms with van der Waals surface area (Å²) in [6.07, 6.45) is -1.10. The summed E-state index contributed by atoms with van der Waals surface area (Å²) in [5.74, 6) is -0.914. The maximum absolute atomic E-state index is 12.4. The molecule has 1 saturated heterocycles. The van der Waals surface area contributed by atoms with Gasteiger partial charge in [0.05, 0.1) is 5.54 Å². The summed E-state index contributed by atoms with van der Waals surface area (Å²) in [6, 6.07) is 2.66. The van der Waals surface area contributed by atoms with Crippen molar-refractivity contribution >= 4 is 5.91 Å². The average Bonchev–Trinajstić information content (AvgIpc) is 2.89. The molecular weight excluding hydrogens is 351 g/mol. The maximum Gasteiger partial charge on any atom is 0.573 e. The second-order valence-corrected chi connectivity index (χ2v) is 7.06. The summed E-state index contributed by atoms with van der Waals surface area (Å²) in [7, 11) is 1.99. The molecule has 0 saturated carbocycles. The van der Waals surface area contributed by atoms with Gasteiger partial charge in [-0.05, 0) is 52.4 Å². The number of alkyl halides is 3. The van der Waals surface area contributed by atoms with Gasteiger partial charge in [-0.25, -0.2) is 4.98 Å². The number of carbonyl (C=O) groups excluding carboxylic acids is 1. The minimum atomic E-state index is -4.84. The van der Waals surface area contributed by atoms with Crippen LogP contribution in [-0.4, -0.2) is 53.9 Å². The summed E-state index contributed by atoms with van der Waals surface area (Å²) in [4.78, 5) is 18.2. The monoisotopic (exact) mass is 375 g/mol. The molecule has 2 heterocycles. The Labute approximate surface area is 150 Å². The third-order valence-corrected chi connectivity index (χ3v) is 4.10. The number of hydrogen-bond donors (Lipinski definition) is 1. The van der Waals surface area contributed by atoms with E-state index in [-0.39, 0.29) is 24.4 Å². The van der Waals surface area contributed by atoms with Crippen molar-refractivity contribution in [2.24, 2.45) is 0 Å². The summed E-state index contributed by atoms with van der Waals surface area (Å²) in [6.45, 7) is 4.39. The average molecular weight is 375 g/mol. The molecule has 1 amide bonds. The summed E-state index contributed by atoms with van der Waals surface area (Å²) in [5.41, 5.74) is -0.777. The van der Waals surface area contributed by atoms with Crippen LogP contribution < -0.4 is 14.8 Å². The van der Waals surface area contributed by atoms with Crippen LogP contribution in [0.15, 0.2) is 18.3 Å². The molecule has 2 rings (SSSR count). The highest BCUT2D eigenvalue weighted by Crippen LogP contribution is 2.30. The molecule has 1 unspecified atom stereocenters. The number of aromatic nitrogens is 1. The van der Waals surface area contributed by atoms with E-state index in [1.807, 2.05) is 7.05 Å². The molecular formula is C17H24F3N3O3. The van der Waals surface area contributed by atoms with Crippen LogP contribution in [0.4, 0.5) is 13.2 Å². The van der Waals surface area contributed by atoms with Gasteiger partial charge in [-0.1, -0.05) is 0 Å². The number of pyridine rings is 1. The van der Waals surface area contributed by atoms with E-state index in [9.17, 15) is 18.0 Å². The first-order chi connectivity index (χ1) is 12.1. The number of halogens is 3. The van der Waals surface area contributed by atoms with Crippen molar-refractivity contribution < 1.29 is 27.4 Å². The Morgan fingerprint density at radius 3 is 2.77 bits per heavy atom. The highest BCUT2D eigenvalue weighted by Gasteiger charge is 2.33. The molecule has 0 spiro atoms. The molecule has 26 heavy (non-hydrogen) atoms. The normalized spacial score (nSPS) is 18.6. The van der Waals surface area contributed by atoms with Crippen LogP contribution >= 0.6 is 0 Å². The second-order valence-electron chi connectivity index (χ2n) is 7.06. The van der Waals surface area contributed by atoms with E-state index < -0.39 is 17.7 Å². The molecule has 1 fully saturated rings. The Balaban J connectivity index is 1.90. The fraction of sp³-hybridized carbons (Fsp3) is 0.647. The van der Waals surface area contributed by atoms with E-state index in [0.717, 1.165) is 25.5 Å². The van der Waals surface area contributed by atoms with Gasteiger partial charge in [-0.3, -0.25) is 4.79 Å². The zero-order valence-corrected chi connectivity index (χ0v) is 15.1. The third kappa shape index (κ3) is 6.36. The summed E-state index contributed by atoms with van der Waals surface area (Å²) < 4.78 is 46.6. The number of likely N-dealkylation sites (tertiary alicyclic amines) is 1. The fourth-order valence-electron chi connectivity index (χ4n) is 2.85. The highest BCUT2D eigenvalue weighted by molar-refractivity contribution is 5.77. The zero-order chi connectivity index (χ0) is 19.4. The molecule has 9 heteroatoms. The number of carbonyl (C=O) groups is 1. The topological polar surface area (TPSA) is 63.7 Å². The molecule has 0 radical (unpaired) electrons. The second kappa shape index (κ2) is 8.11. The predicted molar refractivity (Wildman–Crippen MR) is 88.9 cm³/mol. The summed E-state index contributed by atoms with van der Waals surface area (Å²) in [5, 5.41) is 2.86. The van der Waals surface area contributed by atoms with Gasteiger partial charge in [-0.2, -0.15) is 0 Å². The molecule has 146 valence electrons. The van der Waals surface area contributed by atoms with Gasteiger partial charge in [0.15, 0.2) is 5.75 Å². The molecule has 1 aromatic heterocycles. The number of amides is 1. The first-order valence-corrected chi connectivity index (χ1v) is 8.40. The number of rotatable bonds is 7. The van der Waals surface area contributed by atoms with Crippen LogP contribution in [0.1, 0.15) is 33.1 Å². The number of nitrogens with zero attached hydrogens (tertiary/aromatic N) is 2. The van der Waals surface area contributed by atoms with E-state index in [0.29, 0.717) is 6.42 Å². The molecule has 1 aliphatic rings. The van der Waals surface area contributed by atoms with E-state index in [1.165, 1.54) is 12.3 Å². The largest absolute Gasteiger partial charge is 0.573 e. The maximum atomic E-state index is 12.4. The lowest BCUT2D eigenvalue weighted by atomic mass is 10.1. The Hall–Kier alpha value is -2.03. The third-order valence-electron chi connectivity index (χ3n) is 4.10. The predicted octanol–water partition coefficient (Wildman–Crippen LogP) is 2.74. The van der Waals surface area contributed by atoms with E-state index in [2.05, 4.69) is 19.9 Å². The standard InChI is InChI=1S/C17H24F3N3O3/c1-16(2,22-14(24)10-12-6-5-9-23(12)3)11-25-15-13(7-4-8-21-15)26-17(18,19)20/h4,7-8,12H,5-6,9-11H2,1-3H3,(H,22,24). The van der Waals surface area contributed by atoms with Crippen LogP contribution in [0.3, 0.4) is 0 Å². The van der Waals surface area contributed by atoms with Gasteiger partial charge in [0.25, 0.3) is 5.88 Å². The van der Waals surface area contributed by atoms with Gasteiger partial charge >= 0.3 is 6.36 Å². The van der Waals surface area contributed by atoms with Crippen LogP contribution in [0.5, 0.6) is 11.6 Å².